The first-order valence-electron chi connectivity index (χ1n) is 7.60. The zero-order valence-corrected chi connectivity index (χ0v) is 12.6. The minimum absolute atomic E-state index is 0.0613. The van der Waals surface area contributed by atoms with Crippen molar-refractivity contribution in [3.8, 4) is 0 Å². The van der Waals surface area contributed by atoms with Gasteiger partial charge in [-0.1, -0.05) is 19.3 Å². The molecule has 0 spiro atoms. The van der Waals surface area contributed by atoms with Gasteiger partial charge in [-0.25, -0.2) is 0 Å². The first-order chi connectivity index (χ1) is 9.02. The zero-order chi connectivity index (χ0) is 14.3. The molecule has 0 unspecified atom stereocenters. The third kappa shape index (κ3) is 6.08. The first kappa shape index (κ1) is 16.0. The molecule has 0 aromatic heterocycles. The molecule has 1 saturated carbocycles. The number of carbonyl (C=O) groups excluding carboxylic acids is 2. The van der Waals surface area contributed by atoms with Gasteiger partial charge >= 0.3 is 0 Å². The van der Waals surface area contributed by atoms with Crippen molar-refractivity contribution in [2.75, 3.05) is 13.1 Å². The highest BCUT2D eigenvalue weighted by Gasteiger charge is 2.21. The Hall–Kier alpha value is -1.06. The molecule has 4 heteroatoms. The van der Waals surface area contributed by atoms with Crippen molar-refractivity contribution in [1.29, 1.82) is 0 Å². The summed E-state index contributed by atoms with van der Waals surface area (Å²) in [6, 6.07) is 0.125. The average Bonchev–Trinajstić information content (AvgIpc) is 2.36. The number of nitrogens with zero attached hydrogens (tertiary/aromatic N) is 1. The van der Waals surface area contributed by atoms with Crippen molar-refractivity contribution in [3.05, 3.63) is 0 Å². The average molecular weight is 268 g/mol. The van der Waals surface area contributed by atoms with E-state index < -0.39 is 0 Å². The Morgan fingerprint density at radius 2 is 1.84 bits per heavy atom. The zero-order valence-electron chi connectivity index (χ0n) is 12.6. The van der Waals surface area contributed by atoms with E-state index >= 15 is 0 Å². The number of rotatable bonds is 6. The summed E-state index contributed by atoms with van der Waals surface area (Å²) in [7, 11) is 0. The van der Waals surface area contributed by atoms with Crippen LogP contribution >= 0.6 is 0 Å². The molecular weight excluding hydrogens is 240 g/mol. The highest BCUT2D eigenvalue weighted by Crippen LogP contribution is 2.26. The van der Waals surface area contributed by atoms with E-state index in [2.05, 4.69) is 5.32 Å². The molecule has 0 bridgehead atoms. The normalized spacial score (nSPS) is 16.4. The van der Waals surface area contributed by atoms with Crippen molar-refractivity contribution >= 4 is 11.8 Å². The fraction of sp³-hybridized carbons (Fsp3) is 0.867. The van der Waals surface area contributed by atoms with Gasteiger partial charge in [-0.3, -0.25) is 9.59 Å². The summed E-state index contributed by atoms with van der Waals surface area (Å²) in [5.74, 6) is 0.602. The van der Waals surface area contributed by atoms with Crippen LogP contribution in [-0.4, -0.2) is 35.8 Å². The summed E-state index contributed by atoms with van der Waals surface area (Å²) in [5.41, 5.74) is 0. The molecule has 0 radical (unpaired) electrons. The summed E-state index contributed by atoms with van der Waals surface area (Å²) in [5, 5.41) is 2.83. The summed E-state index contributed by atoms with van der Waals surface area (Å²) in [6.45, 7) is 6.59. The molecule has 0 aliphatic heterocycles. The monoisotopic (exact) mass is 268 g/mol. The number of carbonyl (C=O) groups is 2. The van der Waals surface area contributed by atoms with Crippen LogP contribution in [0.25, 0.3) is 0 Å². The van der Waals surface area contributed by atoms with E-state index in [1.54, 1.807) is 4.90 Å². The third-order valence-corrected chi connectivity index (χ3v) is 3.71. The van der Waals surface area contributed by atoms with Crippen molar-refractivity contribution < 1.29 is 9.59 Å². The standard InChI is InChI=1S/C15H28N2O2/c1-4-17(11-14(18)16-12(2)3)15(19)10-13-8-6-5-7-9-13/h12-13H,4-11H2,1-3H3,(H,16,18). The number of hydrogen-bond acceptors (Lipinski definition) is 2. The molecule has 0 atom stereocenters. The topological polar surface area (TPSA) is 49.4 Å². The maximum absolute atomic E-state index is 12.2. The van der Waals surface area contributed by atoms with Crippen LogP contribution < -0.4 is 5.32 Å². The molecule has 0 heterocycles. The van der Waals surface area contributed by atoms with Crippen LogP contribution in [0.5, 0.6) is 0 Å². The van der Waals surface area contributed by atoms with E-state index in [-0.39, 0.29) is 24.4 Å². The minimum Gasteiger partial charge on any atom is -0.352 e. The second-order valence-electron chi connectivity index (χ2n) is 5.84. The lowest BCUT2D eigenvalue weighted by Crippen LogP contribution is -2.43. The van der Waals surface area contributed by atoms with Gasteiger partial charge < -0.3 is 10.2 Å². The summed E-state index contributed by atoms with van der Waals surface area (Å²) < 4.78 is 0. The fourth-order valence-corrected chi connectivity index (χ4v) is 2.68. The predicted molar refractivity (Wildman–Crippen MR) is 76.7 cm³/mol. The Kier molecular flexibility index (Phi) is 6.89. The van der Waals surface area contributed by atoms with Crippen LogP contribution in [-0.2, 0) is 9.59 Å². The Balaban J connectivity index is 2.39. The molecule has 1 fully saturated rings. The minimum atomic E-state index is -0.0613. The van der Waals surface area contributed by atoms with Gasteiger partial charge in [0.25, 0.3) is 0 Å². The van der Waals surface area contributed by atoms with E-state index in [1.807, 2.05) is 20.8 Å². The largest absolute Gasteiger partial charge is 0.352 e. The highest BCUT2D eigenvalue weighted by molar-refractivity contribution is 5.85. The maximum Gasteiger partial charge on any atom is 0.239 e. The van der Waals surface area contributed by atoms with Crippen molar-refractivity contribution in [2.24, 2.45) is 5.92 Å². The number of hydrogen-bond donors (Lipinski definition) is 1. The third-order valence-electron chi connectivity index (χ3n) is 3.71. The van der Waals surface area contributed by atoms with Gasteiger partial charge in [0.1, 0.15) is 0 Å². The lowest BCUT2D eigenvalue weighted by Gasteiger charge is -2.26. The van der Waals surface area contributed by atoms with Gasteiger partial charge in [-0.2, -0.15) is 0 Å². The molecule has 4 nitrogen and oxygen atoms in total. The number of nitrogens with one attached hydrogen (secondary N) is 1. The fourth-order valence-electron chi connectivity index (χ4n) is 2.68. The lowest BCUT2D eigenvalue weighted by atomic mass is 9.86. The van der Waals surface area contributed by atoms with Gasteiger partial charge in [-0.15, -0.1) is 0 Å². The van der Waals surface area contributed by atoms with Crippen LogP contribution in [0.3, 0.4) is 0 Å². The van der Waals surface area contributed by atoms with Crippen LogP contribution in [0.1, 0.15) is 59.3 Å². The molecule has 0 aromatic rings. The van der Waals surface area contributed by atoms with E-state index in [9.17, 15) is 9.59 Å². The van der Waals surface area contributed by atoms with E-state index in [1.165, 1.54) is 32.1 Å². The van der Waals surface area contributed by atoms with Crippen LogP contribution in [0.15, 0.2) is 0 Å². The number of likely N-dealkylation sites (N-methyl/N-ethyl adjacent to an activating group) is 1. The SMILES string of the molecule is CCN(CC(=O)NC(C)C)C(=O)CC1CCCCC1. The molecule has 1 aliphatic rings. The van der Waals surface area contributed by atoms with Crippen LogP contribution in [0.4, 0.5) is 0 Å². The molecule has 0 aromatic carbocycles. The van der Waals surface area contributed by atoms with Gasteiger partial charge in [0.05, 0.1) is 6.54 Å². The van der Waals surface area contributed by atoms with Crippen molar-refractivity contribution in [1.82, 2.24) is 10.2 Å². The van der Waals surface area contributed by atoms with Crippen LogP contribution in [0, 0.1) is 5.92 Å². The van der Waals surface area contributed by atoms with Crippen molar-refractivity contribution in [2.45, 2.75) is 65.3 Å². The molecular formula is C15H28N2O2. The number of amides is 2. The first-order valence-corrected chi connectivity index (χ1v) is 7.60. The molecule has 1 rings (SSSR count). The quantitative estimate of drug-likeness (QED) is 0.804. The highest BCUT2D eigenvalue weighted by atomic mass is 16.2. The second-order valence-corrected chi connectivity index (χ2v) is 5.84. The smallest absolute Gasteiger partial charge is 0.239 e. The molecule has 1 aliphatic carbocycles. The lowest BCUT2D eigenvalue weighted by molar-refractivity contribution is -0.137. The van der Waals surface area contributed by atoms with E-state index in [0.29, 0.717) is 18.9 Å². The van der Waals surface area contributed by atoms with Crippen molar-refractivity contribution in [3.63, 3.8) is 0 Å². The van der Waals surface area contributed by atoms with Crippen LogP contribution in [0.2, 0.25) is 0 Å². The Morgan fingerprint density at radius 3 is 2.37 bits per heavy atom. The predicted octanol–water partition coefficient (Wildman–Crippen LogP) is 2.33. The summed E-state index contributed by atoms with van der Waals surface area (Å²) in [4.78, 5) is 25.6. The van der Waals surface area contributed by atoms with Gasteiger partial charge in [0.15, 0.2) is 0 Å². The summed E-state index contributed by atoms with van der Waals surface area (Å²) in [6.07, 6.45) is 6.75. The van der Waals surface area contributed by atoms with E-state index in [4.69, 9.17) is 0 Å². The maximum atomic E-state index is 12.2. The molecule has 110 valence electrons. The molecule has 1 N–H and O–H groups in total. The Labute approximate surface area is 116 Å². The second kappa shape index (κ2) is 8.18. The van der Waals surface area contributed by atoms with E-state index in [0.717, 1.165) is 0 Å². The summed E-state index contributed by atoms with van der Waals surface area (Å²) >= 11 is 0. The van der Waals surface area contributed by atoms with Gasteiger partial charge in [0.2, 0.25) is 11.8 Å². The molecule has 0 saturated heterocycles. The Morgan fingerprint density at radius 1 is 1.21 bits per heavy atom. The molecule has 19 heavy (non-hydrogen) atoms. The van der Waals surface area contributed by atoms with Gasteiger partial charge in [0, 0.05) is 19.0 Å². The molecule has 2 amide bonds. The Bertz CT molecular complexity index is 297. The van der Waals surface area contributed by atoms with Gasteiger partial charge in [-0.05, 0) is 39.5 Å².